The first kappa shape index (κ1) is 15.9. The van der Waals surface area contributed by atoms with E-state index in [0.717, 1.165) is 22.3 Å². The molecule has 0 bridgehead atoms. The SMILES string of the molecule is O=C(Cc1ccc(-c2ccc3[nH]ccc3c2)cc1)Nc1cc(C2CC2)[nH]n1. The molecule has 1 aliphatic carbocycles. The van der Waals surface area contributed by atoms with Gasteiger partial charge in [-0.05, 0) is 53.1 Å². The molecule has 2 aromatic heterocycles. The van der Waals surface area contributed by atoms with Crippen molar-refractivity contribution in [2.45, 2.75) is 25.2 Å². The van der Waals surface area contributed by atoms with Crippen LogP contribution in [-0.4, -0.2) is 21.1 Å². The molecule has 0 atom stereocenters. The van der Waals surface area contributed by atoms with E-state index in [9.17, 15) is 4.79 Å². The summed E-state index contributed by atoms with van der Waals surface area (Å²) in [7, 11) is 0. The largest absolute Gasteiger partial charge is 0.361 e. The third kappa shape index (κ3) is 3.36. The van der Waals surface area contributed by atoms with Crippen LogP contribution in [0.4, 0.5) is 5.82 Å². The van der Waals surface area contributed by atoms with E-state index >= 15 is 0 Å². The molecular formula is C22H20N4O. The number of hydrogen-bond donors (Lipinski definition) is 3. The Balaban J connectivity index is 1.25. The van der Waals surface area contributed by atoms with Crippen LogP contribution in [0.15, 0.2) is 60.8 Å². The van der Waals surface area contributed by atoms with Crippen LogP contribution in [0, 0.1) is 0 Å². The molecule has 0 aliphatic heterocycles. The lowest BCUT2D eigenvalue weighted by molar-refractivity contribution is -0.115. The van der Waals surface area contributed by atoms with Crippen LogP contribution < -0.4 is 5.32 Å². The van der Waals surface area contributed by atoms with Crippen molar-refractivity contribution >= 4 is 22.6 Å². The molecule has 4 aromatic rings. The van der Waals surface area contributed by atoms with Gasteiger partial charge in [-0.15, -0.1) is 0 Å². The first-order valence-corrected chi connectivity index (χ1v) is 9.26. The second kappa shape index (κ2) is 6.43. The molecule has 1 saturated carbocycles. The molecule has 0 spiro atoms. The quantitative estimate of drug-likeness (QED) is 0.488. The number of hydrogen-bond acceptors (Lipinski definition) is 2. The maximum atomic E-state index is 12.3. The molecule has 5 heteroatoms. The third-order valence-corrected chi connectivity index (χ3v) is 5.09. The van der Waals surface area contributed by atoms with E-state index in [-0.39, 0.29) is 5.91 Å². The zero-order valence-corrected chi connectivity index (χ0v) is 14.8. The summed E-state index contributed by atoms with van der Waals surface area (Å²) in [5.74, 6) is 1.16. The molecule has 0 unspecified atom stereocenters. The van der Waals surface area contributed by atoms with Gasteiger partial charge in [-0.2, -0.15) is 5.10 Å². The average molecular weight is 356 g/mol. The minimum atomic E-state index is -0.0506. The lowest BCUT2D eigenvalue weighted by Crippen LogP contribution is -2.14. The van der Waals surface area contributed by atoms with Crippen LogP contribution in [0.1, 0.15) is 30.0 Å². The number of carbonyl (C=O) groups is 1. The number of carbonyl (C=O) groups excluding carboxylic acids is 1. The molecule has 2 aromatic carbocycles. The molecule has 5 rings (SSSR count). The number of amides is 1. The summed E-state index contributed by atoms with van der Waals surface area (Å²) in [6.07, 6.45) is 4.70. The first-order valence-electron chi connectivity index (χ1n) is 9.26. The Bertz CT molecular complexity index is 1100. The highest BCUT2D eigenvalue weighted by Gasteiger charge is 2.25. The Morgan fingerprint density at radius 2 is 1.85 bits per heavy atom. The summed E-state index contributed by atoms with van der Waals surface area (Å²) in [5, 5.41) is 11.2. The number of aromatic amines is 2. The van der Waals surface area contributed by atoms with Crippen LogP contribution in [-0.2, 0) is 11.2 Å². The Kier molecular flexibility index (Phi) is 3.78. The topological polar surface area (TPSA) is 73.6 Å². The average Bonchev–Trinajstić information content (AvgIpc) is 3.24. The summed E-state index contributed by atoms with van der Waals surface area (Å²) >= 11 is 0. The van der Waals surface area contributed by atoms with Gasteiger partial charge in [0.15, 0.2) is 5.82 Å². The lowest BCUT2D eigenvalue weighted by Gasteiger charge is -2.05. The standard InChI is InChI=1S/C22H20N4O/c27-22(24-21-13-20(25-26-21)16-5-6-16)11-14-1-3-15(4-2-14)17-7-8-19-18(12-17)9-10-23-19/h1-4,7-10,12-13,16,23H,5-6,11H2,(H2,24,25,26,27). The Hall–Kier alpha value is -3.34. The Morgan fingerprint density at radius 3 is 2.67 bits per heavy atom. The number of fused-ring (bicyclic) bond motifs is 1. The Morgan fingerprint density at radius 1 is 1.04 bits per heavy atom. The summed E-state index contributed by atoms with van der Waals surface area (Å²) in [5.41, 5.74) is 5.55. The van der Waals surface area contributed by atoms with Crippen molar-refractivity contribution in [3.63, 3.8) is 0 Å². The zero-order chi connectivity index (χ0) is 18.2. The highest BCUT2D eigenvalue weighted by Crippen LogP contribution is 2.39. The van der Waals surface area contributed by atoms with Crippen molar-refractivity contribution in [2.24, 2.45) is 0 Å². The van der Waals surface area contributed by atoms with Crippen molar-refractivity contribution in [2.75, 3.05) is 5.32 Å². The molecule has 0 radical (unpaired) electrons. The second-order valence-electron chi connectivity index (χ2n) is 7.18. The molecule has 0 saturated heterocycles. The number of nitrogens with one attached hydrogen (secondary N) is 3. The van der Waals surface area contributed by atoms with Crippen molar-refractivity contribution in [3.05, 3.63) is 72.1 Å². The highest BCUT2D eigenvalue weighted by molar-refractivity contribution is 5.91. The number of rotatable bonds is 5. The molecule has 1 amide bonds. The van der Waals surface area contributed by atoms with E-state index in [1.807, 2.05) is 24.4 Å². The molecule has 1 aliphatic rings. The van der Waals surface area contributed by atoms with Gasteiger partial charge in [-0.1, -0.05) is 30.3 Å². The smallest absolute Gasteiger partial charge is 0.229 e. The van der Waals surface area contributed by atoms with Gasteiger partial charge in [-0.25, -0.2) is 0 Å². The van der Waals surface area contributed by atoms with Crippen LogP contribution in [0.5, 0.6) is 0 Å². The summed E-state index contributed by atoms with van der Waals surface area (Å²) in [4.78, 5) is 15.5. The molecule has 1 fully saturated rings. The third-order valence-electron chi connectivity index (χ3n) is 5.09. The number of benzene rings is 2. The van der Waals surface area contributed by atoms with Crippen molar-refractivity contribution in [1.29, 1.82) is 0 Å². The van der Waals surface area contributed by atoms with Crippen molar-refractivity contribution in [1.82, 2.24) is 15.2 Å². The monoisotopic (exact) mass is 356 g/mol. The highest BCUT2D eigenvalue weighted by atomic mass is 16.1. The minimum Gasteiger partial charge on any atom is -0.361 e. The molecule has 134 valence electrons. The molecule has 3 N–H and O–H groups in total. The summed E-state index contributed by atoms with van der Waals surface area (Å²) in [6.45, 7) is 0. The second-order valence-corrected chi connectivity index (χ2v) is 7.18. The van der Waals surface area contributed by atoms with E-state index in [0.29, 0.717) is 18.2 Å². The fraction of sp³-hybridized carbons (Fsp3) is 0.182. The predicted octanol–water partition coefficient (Wildman–Crippen LogP) is 4.62. The van der Waals surface area contributed by atoms with Crippen LogP contribution in [0.2, 0.25) is 0 Å². The van der Waals surface area contributed by atoms with E-state index < -0.39 is 0 Å². The predicted molar refractivity (Wildman–Crippen MR) is 107 cm³/mol. The van der Waals surface area contributed by atoms with Crippen LogP contribution in [0.25, 0.3) is 22.0 Å². The molecule has 27 heavy (non-hydrogen) atoms. The first-order chi connectivity index (χ1) is 13.2. The maximum absolute atomic E-state index is 12.3. The normalized spacial score (nSPS) is 13.8. The maximum Gasteiger partial charge on any atom is 0.229 e. The molecule has 5 nitrogen and oxygen atoms in total. The molecule has 2 heterocycles. The lowest BCUT2D eigenvalue weighted by atomic mass is 10.0. The van der Waals surface area contributed by atoms with Gasteiger partial charge in [-0.3, -0.25) is 9.89 Å². The number of anilines is 1. The van der Waals surface area contributed by atoms with Gasteiger partial charge < -0.3 is 10.3 Å². The van der Waals surface area contributed by atoms with Crippen molar-refractivity contribution < 1.29 is 4.79 Å². The zero-order valence-electron chi connectivity index (χ0n) is 14.8. The summed E-state index contributed by atoms with van der Waals surface area (Å²) < 4.78 is 0. The fourth-order valence-corrected chi connectivity index (χ4v) is 3.42. The summed E-state index contributed by atoms with van der Waals surface area (Å²) in [6, 6.07) is 18.5. The Labute approximate surface area is 156 Å². The molecular weight excluding hydrogens is 336 g/mol. The van der Waals surface area contributed by atoms with Crippen LogP contribution >= 0.6 is 0 Å². The van der Waals surface area contributed by atoms with E-state index in [1.165, 1.54) is 23.8 Å². The van der Waals surface area contributed by atoms with Crippen LogP contribution in [0.3, 0.4) is 0 Å². The van der Waals surface area contributed by atoms with E-state index in [4.69, 9.17) is 0 Å². The van der Waals surface area contributed by atoms with Gasteiger partial charge in [0.1, 0.15) is 0 Å². The van der Waals surface area contributed by atoms with E-state index in [2.05, 4.69) is 56.9 Å². The van der Waals surface area contributed by atoms with Gasteiger partial charge in [0, 0.05) is 29.4 Å². The number of H-pyrrole nitrogens is 2. The van der Waals surface area contributed by atoms with Gasteiger partial charge >= 0.3 is 0 Å². The minimum absolute atomic E-state index is 0.0506. The fourth-order valence-electron chi connectivity index (χ4n) is 3.42. The van der Waals surface area contributed by atoms with Crippen molar-refractivity contribution in [3.8, 4) is 11.1 Å². The van der Waals surface area contributed by atoms with Gasteiger partial charge in [0.2, 0.25) is 5.91 Å². The number of aromatic nitrogens is 3. The van der Waals surface area contributed by atoms with Gasteiger partial charge in [0.25, 0.3) is 0 Å². The van der Waals surface area contributed by atoms with E-state index in [1.54, 1.807) is 0 Å². The number of nitrogens with zero attached hydrogens (tertiary/aromatic N) is 1. The van der Waals surface area contributed by atoms with Gasteiger partial charge in [0.05, 0.1) is 6.42 Å².